The first-order chi connectivity index (χ1) is 10.8. The number of hydrogen-bond acceptors (Lipinski definition) is 1. The Labute approximate surface area is 136 Å². The van der Waals surface area contributed by atoms with E-state index in [4.69, 9.17) is 11.6 Å². The zero-order chi connectivity index (χ0) is 15.4. The summed E-state index contributed by atoms with van der Waals surface area (Å²) >= 11 is 5.68. The van der Waals surface area contributed by atoms with Gasteiger partial charge in [-0.1, -0.05) is 60.7 Å². The van der Waals surface area contributed by atoms with Gasteiger partial charge in [-0.05, 0) is 17.5 Å². The van der Waals surface area contributed by atoms with Gasteiger partial charge in [0.2, 0.25) is 5.91 Å². The van der Waals surface area contributed by atoms with E-state index in [1.165, 1.54) is 11.1 Å². The van der Waals surface area contributed by atoms with Gasteiger partial charge >= 0.3 is 0 Å². The van der Waals surface area contributed by atoms with E-state index in [-0.39, 0.29) is 23.7 Å². The van der Waals surface area contributed by atoms with E-state index in [9.17, 15) is 4.79 Å². The molecule has 22 heavy (non-hydrogen) atoms. The molecule has 2 unspecified atom stereocenters. The fourth-order valence-electron chi connectivity index (χ4n) is 3.21. The van der Waals surface area contributed by atoms with Crippen LogP contribution < -0.4 is 5.32 Å². The molecule has 3 rings (SSSR count). The van der Waals surface area contributed by atoms with Gasteiger partial charge in [-0.2, -0.15) is 0 Å². The first-order valence-electron chi connectivity index (χ1n) is 7.76. The summed E-state index contributed by atoms with van der Waals surface area (Å²) in [6, 6.07) is 20.7. The Morgan fingerprint density at radius 2 is 1.41 bits per heavy atom. The van der Waals surface area contributed by atoms with Crippen molar-refractivity contribution in [1.29, 1.82) is 0 Å². The largest absolute Gasteiger partial charge is 0.356 e. The van der Waals surface area contributed by atoms with Crippen molar-refractivity contribution in [1.82, 2.24) is 5.32 Å². The van der Waals surface area contributed by atoms with Crippen LogP contribution in [0.25, 0.3) is 0 Å². The van der Waals surface area contributed by atoms with E-state index in [1.54, 1.807) is 0 Å². The van der Waals surface area contributed by atoms with Crippen molar-refractivity contribution in [2.75, 3.05) is 12.4 Å². The summed E-state index contributed by atoms with van der Waals surface area (Å²) in [4.78, 5) is 12.5. The van der Waals surface area contributed by atoms with Crippen LogP contribution in [0.2, 0.25) is 0 Å². The lowest BCUT2D eigenvalue weighted by Crippen LogP contribution is -2.27. The van der Waals surface area contributed by atoms with Gasteiger partial charge in [-0.25, -0.2) is 0 Å². The Bertz CT molecular complexity index is 568. The number of amides is 1. The van der Waals surface area contributed by atoms with Gasteiger partial charge in [0.15, 0.2) is 0 Å². The highest BCUT2D eigenvalue weighted by molar-refractivity contribution is 6.17. The molecule has 3 heteroatoms. The Balaban J connectivity index is 1.79. The minimum Gasteiger partial charge on any atom is -0.356 e. The minimum absolute atomic E-state index is 0.0279. The highest BCUT2D eigenvalue weighted by atomic mass is 35.5. The molecule has 1 fully saturated rings. The summed E-state index contributed by atoms with van der Waals surface area (Å²) in [6.45, 7) is 0.655. The van der Waals surface area contributed by atoms with Crippen LogP contribution in [0.5, 0.6) is 0 Å². The van der Waals surface area contributed by atoms with Crippen LogP contribution in [0, 0.1) is 5.92 Å². The Kier molecular flexibility index (Phi) is 4.79. The predicted octanol–water partition coefficient (Wildman–Crippen LogP) is 3.93. The summed E-state index contributed by atoms with van der Waals surface area (Å²) in [5, 5.41) is 3.02. The molecular weight excluding hydrogens is 294 g/mol. The molecule has 0 radical (unpaired) electrons. The van der Waals surface area contributed by atoms with Crippen molar-refractivity contribution in [3.05, 3.63) is 71.8 Å². The number of carbonyl (C=O) groups is 1. The van der Waals surface area contributed by atoms with Gasteiger partial charge in [-0.15, -0.1) is 11.6 Å². The highest BCUT2D eigenvalue weighted by Gasteiger charge is 2.55. The van der Waals surface area contributed by atoms with Crippen LogP contribution in [-0.2, 0) is 4.79 Å². The molecule has 0 heterocycles. The van der Waals surface area contributed by atoms with Gasteiger partial charge in [0.05, 0.1) is 5.92 Å². The standard InChI is InChI=1S/C19H20ClNO/c20-12-7-13-21-19(22)18-16(14-8-3-1-4-9-14)17(18)15-10-5-2-6-11-15/h1-6,8-11,16-18H,7,12-13H2,(H,21,22). The third-order valence-corrected chi connectivity index (χ3v) is 4.57. The van der Waals surface area contributed by atoms with Crippen LogP contribution in [-0.4, -0.2) is 18.3 Å². The van der Waals surface area contributed by atoms with E-state index in [0.717, 1.165) is 6.42 Å². The minimum atomic E-state index is 0.0279. The van der Waals surface area contributed by atoms with Crippen molar-refractivity contribution >= 4 is 17.5 Å². The average molecular weight is 314 g/mol. The molecule has 2 aromatic carbocycles. The third-order valence-electron chi connectivity index (χ3n) is 4.30. The molecule has 0 aromatic heterocycles. The topological polar surface area (TPSA) is 29.1 Å². The first-order valence-corrected chi connectivity index (χ1v) is 8.30. The van der Waals surface area contributed by atoms with Crippen LogP contribution in [0.4, 0.5) is 0 Å². The van der Waals surface area contributed by atoms with Crippen molar-refractivity contribution in [2.24, 2.45) is 5.92 Å². The molecule has 0 aliphatic heterocycles. The molecule has 2 atom stereocenters. The average Bonchev–Trinajstić information content (AvgIpc) is 3.32. The second-order valence-corrected chi connectivity index (χ2v) is 6.11. The molecule has 1 amide bonds. The molecule has 0 bridgehead atoms. The van der Waals surface area contributed by atoms with Crippen LogP contribution in [0.1, 0.15) is 29.4 Å². The SMILES string of the molecule is O=C(NCCCCl)C1C(c2ccccc2)C1c1ccccc1. The number of benzene rings is 2. The van der Waals surface area contributed by atoms with Gasteiger partial charge < -0.3 is 5.32 Å². The quantitative estimate of drug-likeness (QED) is 0.635. The number of halogens is 1. The maximum atomic E-state index is 12.5. The molecular formula is C19H20ClNO. The van der Waals surface area contributed by atoms with Crippen molar-refractivity contribution in [3.8, 4) is 0 Å². The van der Waals surface area contributed by atoms with Crippen molar-refractivity contribution in [3.63, 3.8) is 0 Å². The van der Waals surface area contributed by atoms with E-state index >= 15 is 0 Å². The normalized spacial score (nSPS) is 23.0. The third kappa shape index (κ3) is 3.17. The Morgan fingerprint density at radius 3 is 1.86 bits per heavy atom. The van der Waals surface area contributed by atoms with E-state index < -0.39 is 0 Å². The Hall–Kier alpha value is -1.80. The van der Waals surface area contributed by atoms with Crippen molar-refractivity contribution < 1.29 is 4.79 Å². The van der Waals surface area contributed by atoms with Crippen LogP contribution in [0.3, 0.4) is 0 Å². The lowest BCUT2D eigenvalue weighted by molar-refractivity contribution is -0.122. The summed E-state index contributed by atoms with van der Waals surface area (Å²) in [5.74, 6) is 1.31. The van der Waals surface area contributed by atoms with Gasteiger partial charge in [-0.3, -0.25) is 4.79 Å². The van der Waals surface area contributed by atoms with Crippen LogP contribution in [0.15, 0.2) is 60.7 Å². The number of carbonyl (C=O) groups excluding carboxylic acids is 1. The highest BCUT2D eigenvalue weighted by Crippen LogP contribution is 2.60. The van der Waals surface area contributed by atoms with Gasteiger partial charge in [0.25, 0.3) is 0 Å². The number of alkyl halides is 1. The van der Waals surface area contributed by atoms with E-state index in [2.05, 4.69) is 29.6 Å². The summed E-state index contributed by atoms with van der Waals surface area (Å²) < 4.78 is 0. The second-order valence-electron chi connectivity index (χ2n) is 5.73. The monoisotopic (exact) mass is 313 g/mol. The molecule has 114 valence electrons. The first kappa shape index (κ1) is 15.1. The molecule has 2 nitrogen and oxygen atoms in total. The molecule has 1 N–H and O–H groups in total. The Morgan fingerprint density at radius 1 is 0.909 bits per heavy atom. The fraction of sp³-hybridized carbons (Fsp3) is 0.316. The molecule has 2 aromatic rings. The zero-order valence-corrected chi connectivity index (χ0v) is 13.2. The summed E-state index contributed by atoms with van der Waals surface area (Å²) in [6.07, 6.45) is 0.812. The van der Waals surface area contributed by atoms with E-state index in [1.807, 2.05) is 36.4 Å². The molecule has 1 saturated carbocycles. The van der Waals surface area contributed by atoms with Crippen molar-refractivity contribution in [2.45, 2.75) is 18.3 Å². The number of nitrogens with one attached hydrogen (secondary N) is 1. The van der Waals surface area contributed by atoms with E-state index in [0.29, 0.717) is 12.4 Å². The lowest BCUT2D eigenvalue weighted by atomic mass is 10.0. The fourth-order valence-corrected chi connectivity index (χ4v) is 3.35. The smallest absolute Gasteiger partial charge is 0.224 e. The number of rotatable bonds is 6. The molecule has 0 spiro atoms. The van der Waals surface area contributed by atoms with Gasteiger partial charge in [0.1, 0.15) is 0 Å². The molecule has 1 aliphatic carbocycles. The molecule has 0 saturated heterocycles. The summed E-state index contributed by atoms with van der Waals surface area (Å²) in [7, 11) is 0. The van der Waals surface area contributed by atoms with Gasteiger partial charge in [0, 0.05) is 24.3 Å². The van der Waals surface area contributed by atoms with Crippen LogP contribution >= 0.6 is 11.6 Å². The predicted molar refractivity (Wildman–Crippen MR) is 90.2 cm³/mol. The lowest BCUT2D eigenvalue weighted by Gasteiger charge is -2.03. The maximum Gasteiger partial charge on any atom is 0.224 e. The maximum absolute atomic E-state index is 12.5. The number of hydrogen-bond donors (Lipinski definition) is 1. The zero-order valence-electron chi connectivity index (χ0n) is 12.4. The second kappa shape index (κ2) is 6.97. The molecule has 1 aliphatic rings. The summed E-state index contributed by atoms with van der Waals surface area (Å²) in [5.41, 5.74) is 2.49.